The van der Waals surface area contributed by atoms with Crippen LogP contribution in [0.5, 0.6) is 0 Å². The van der Waals surface area contributed by atoms with E-state index >= 15 is 0 Å². The monoisotopic (exact) mass is 259 g/mol. The van der Waals surface area contributed by atoms with Crippen LogP contribution >= 0.6 is 11.8 Å². The minimum absolute atomic E-state index is 0.0652. The highest BCUT2D eigenvalue weighted by molar-refractivity contribution is 8.00. The number of hydrogen-bond donors (Lipinski definition) is 3. The average molecular weight is 259 g/mol. The smallest absolute Gasteiger partial charge is 0.242 e. The molecular weight excluding hydrogens is 238 g/mol. The van der Waals surface area contributed by atoms with E-state index in [-0.39, 0.29) is 11.8 Å². The van der Waals surface area contributed by atoms with Crippen molar-refractivity contribution in [1.29, 1.82) is 0 Å². The summed E-state index contributed by atoms with van der Waals surface area (Å²) in [7, 11) is 1.56. The standard InChI is InChI=1S/C11H21N3O2S/c1-8(11(16)12-2)14-10(15)7-17-9-3-5-13-6-4-9/h8-9,13H,3-7H2,1-2H3,(H,12,16)(H,14,15). The fourth-order valence-electron chi connectivity index (χ4n) is 1.72. The Morgan fingerprint density at radius 1 is 1.41 bits per heavy atom. The summed E-state index contributed by atoms with van der Waals surface area (Å²) in [5, 5.41) is 9.05. The van der Waals surface area contributed by atoms with E-state index in [0.29, 0.717) is 11.0 Å². The molecule has 98 valence electrons. The molecule has 5 nitrogen and oxygen atoms in total. The molecule has 1 atom stereocenters. The van der Waals surface area contributed by atoms with Crippen molar-refractivity contribution in [2.75, 3.05) is 25.9 Å². The van der Waals surface area contributed by atoms with Gasteiger partial charge in [0, 0.05) is 12.3 Å². The van der Waals surface area contributed by atoms with E-state index in [1.165, 1.54) is 0 Å². The second-order valence-corrected chi connectivity index (χ2v) is 5.45. The molecular formula is C11H21N3O2S. The maximum Gasteiger partial charge on any atom is 0.242 e. The van der Waals surface area contributed by atoms with Gasteiger partial charge >= 0.3 is 0 Å². The molecule has 1 aliphatic rings. The van der Waals surface area contributed by atoms with Gasteiger partial charge < -0.3 is 16.0 Å². The zero-order chi connectivity index (χ0) is 12.7. The lowest BCUT2D eigenvalue weighted by Crippen LogP contribution is -2.44. The molecule has 1 saturated heterocycles. The predicted octanol–water partition coefficient (Wildman–Crippen LogP) is -0.278. The number of carbonyl (C=O) groups excluding carboxylic acids is 2. The highest BCUT2D eigenvalue weighted by atomic mass is 32.2. The van der Waals surface area contributed by atoms with E-state index in [9.17, 15) is 9.59 Å². The third kappa shape index (κ3) is 5.41. The molecule has 0 aromatic heterocycles. The summed E-state index contributed by atoms with van der Waals surface area (Å²) in [6.45, 7) is 3.76. The van der Waals surface area contributed by atoms with Gasteiger partial charge in [-0.05, 0) is 32.9 Å². The molecule has 0 radical (unpaired) electrons. The Kier molecular flexibility index (Phi) is 6.36. The summed E-state index contributed by atoms with van der Waals surface area (Å²) >= 11 is 1.68. The molecule has 0 aliphatic carbocycles. The molecule has 2 amide bonds. The number of nitrogens with one attached hydrogen (secondary N) is 3. The zero-order valence-electron chi connectivity index (χ0n) is 10.4. The number of carbonyl (C=O) groups is 2. The molecule has 0 aromatic rings. The Balaban J connectivity index is 2.18. The van der Waals surface area contributed by atoms with Crippen LogP contribution in [0.1, 0.15) is 19.8 Å². The maximum atomic E-state index is 11.6. The summed E-state index contributed by atoms with van der Waals surface area (Å²) in [6, 6.07) is -0.457. The number of piperidine rings is 1. The van der Waals surface area contributed by atoms with Crippen molar-refractivity contribution in [3.63, 3.8) is 0 Å². The Morgan fingerprint density at radius 3 is 2.65 bits per heavy atom. The largest absolute Gasteiger partial charge is 0.357 e. The number of hydrogen-bond acceptors (Lipinski definition) is 4. The van der Waals surface area contributed by atoms with Crippen molar-refractivity contribution in [3.8, 4) is 0 Å². The van der Waals surface area contributed by atoms with Crippen LogP contribution in [0, 0.1) is 0 Å². The molecule has 1 unspecified atom stereocenters. The Labute approximate surface area is 106 Å². The minimum Gasteiger partial charge on any atom is -0.357 e. The molecule has 0 aromatic carbocycles. The van der Waals surface area contributed by atoms with E-state index in [0.717, 1.165) is 25.9 Å². The second-order valence-electron chi connectivity index (χ2n) is 4.16. The van der Waals surface area contributed by atoms with E-state index in [4.69, 9.17) is 0 Å². The molecule has 0 spiro atoms. The Hall–Kier alpha value is -0.750. The molecule has 0 saturated carbocycles. The fraction of sp³-hybridized carbons (Fsp3) is 0.818. The number of thioether (sulfide) groups is 1. The highest BCUT2D eigenvalue weighted by Gasteiger charge is 2.17. The van der Waals surface area contributed by atoms with Crippen LogP contribution in [-0.2, 0) is 9.59 Å². The molecule has 1 heterocycles. The lowest BCUT2D eigenvalue weighted by Gasteiger charge is -2.22. The highest BCUT2D eigenvalue weighted by Crippen LogP contribution is 2.19. The van der Waals surface area contributed by atoms with Crippen LogP contribution in [0.4, 0.5) is 0 Å². The zero-order valence-corrected chi connectivity index (χ0v) is 11.2. The SMILES string of the molecule is CNC(=O)C(C)NC(=O)CSC1CCNCC1. The number of amides is 2. The van der Waals surface area contributed by atoms with Crippen LogP contribution in [0.15, 0.2) is 0 Å². The average Bonchev–Trinajstić information content (AvgIpc) is 2.36. The van der Waals surface area contributed by atoms with Crippen LogP contribution < -0.4 is 16.0 Å². The van der Waals surface area contributed by atoms with Crippen LogP contribution in [-0.4, -0.2) is 49.0 Å². The van der Waals surface area contributed by atoms with Crippen LogP contribution in [0.3, 0.4) is 0 Å². The first-order valence-corrected chi connectivity index (χ1v) is 7.01. The van der Waals surface area contributed by atoms with Crippen molar-refractivity contribution in [3.05, 3.63) is 0 Å². The van der Waals surface area contributed by atoms with Gasteiger partial charge in [-0.2, -0.15) is 0 Å². The van der Waals surface area contributed by atoms with E-state index in [1.54, 1.807) is 25.7 Å². The number of rotatable bonds is 5. The second kappa shape index (κ2) is 7.55. The van der Waals surface area contributed by atoms with Crippen molar-refractivity contribution in [2.45, 2.75) is 31.1 Å². The van der Waals surface area contributed by atoms with Crippen molar-refractivity contribution in [2.24, 2.45) is 0 Å². The van der Waals surface area contributed by atoms with Gasteiger partial charge in [-0.1, -0.05) is 0 Å². The summed E-state index contributed by atoms with van der Waals surface area (Å²) in [4.78, 5) is 22.8. The third-order valence-corrected chi connectivity index (χ3v) is 4.13. The lowest BCUT2D eigenvalue weighted by atomic mass is 10.2. The topological polar surface area (TPSA) is 70.2 Å². The summed E-state index contributed by atoms with van der Waals surface area (Å²) < 4.78 is 0. The first-order chi connectivity index (χ1) is 8.13. The molecule has 17 heavy (non-hydrogen) atoms. The summed E-state index contributed by atoms with van der Waals surface area (Å²) in [5.74, 6) is 0.210. The van der Waals surface area contributed by atoms with Gasteiger partial charge in [-0.3, -0.25) is 9.59 Å². The van der Waals surface area contributed by atoms with Crippen LogP contribution in [0.25, 0.3) is 0 Å². The lowest BCUT2D eigenvalue weighted by molar-refractivity contribution is -0.127. The molecule has 0 bridgehead atoms. The van der Waals surface area contributed by atoms with E-state index in [2.05, 4.69) is 16.0 Å². The van der Waals surface area contributed by atoms with Gasteiger partial charge in [0.2, 0.25) is 11.8 Å². The Bertz CT molecular complexity index is 267. The summed E-state index contributed by atoms with van der Waals surface area (Å²) in [6.07, 6.45) is 2.23. The van der Waals surface area contributed by atoms with E-state index < -0.39 is 6.04 Å². The minimum atomic E-state index is -0.457. The Morgan fingerprint density at radius 2 is 2.06 bits per heavy atom. The molecule has 1 fully saturated rings. The predicted molar refractivity (Wildman–Crippen MR) is 70.0 cm³/mol. The number of likely N-dealkylation sites (N-methyl/N-ethyl adjacent to an activating group) is 1. The van der Waals surface area contributed by atoms with Crippen LogP contribution in [0.2, 0.25) is 0 Å². The van der Waals surface area contributed by atoms with Crippen molar-refractivity contribution < 1.29 is 9.59 Å². The fourth-order valence-corrected chi connectivity index (χ4v) is 2.76. The maximum absolute atomic E-state index is 11.6. The van der Waals surface area contributed by atoms with Gasteiger partial charge in [0.25, 0.3) is 0 Å². The van der Waals surface area contributed by atoms with Gasteiger partial charge in [-0.15, -0.1) is 11.8 Å². The first-order valence-electron chi connectivity index (χ1n) is 5.96. The van der Waals surface area contributed by atoms with Gasteiger partial charge in [0.15, 0.2) is 0 Å². The van der Waals surface area contributed by atoms with Gasteiger partial charge in [0.1, 0.15) is 6.04 Å². The van der Waals surface area contributed by atoms with E-state index in [1.807, 2.05) is 0 Å². The van der Waals surface area contributed by atoms with Gasteiger partial charge in [-0.25, -0.2) is 0 Å². The normalized spacial score (nSPS) is 18.5. The van der Waals surface area contributed by atoms with Crippen molar-refractivity contribution >= 4 is 23.6 Å². The molecule has 3 N–H and O–H groups in total. The molecule has 6 heteroatoms. The molecule has 1 rings (SSSR count). The van der Waals surface area contributed by atoms with Crippen molar-refractivity contribution in [1.82, 2.24) is 16.0 Å². The molecule has 1 aliphatic heterocycles. The third-order valence-electron chi connectivity index (χ3n) is 2.75. The van der Waals surface area contributed by atoms with Gasteiger partial charge in [0.05, 0.1) is 5.75 Å². The first kappa shape index (κ1) is 14.3. The summed E-state index contributed by atoms with van der Waals surface area (Å²) in [5.41, 5.74) is 0. The quantitative estimate of drug-likeness (QED) is 0.635.